The second-order valence-electron chi connectivity index (χ2n) is 9.28. The molecule has 2 amide bonds. The van der Waals surface area contributed by atoms with Gasteiger partial charge in [-0.2, -0.15) is 0 Å². The van der Waals surface area contributed by atoms with Crippen molar-refractivity contribution in [2.75, 3.05) is 6.54 Å². The van der Waals surface area contributed by atoms with E-state index in [1.165, 1.54) is 42.4 Å². The Labute approximate surface area is 180 Å². The lowest BCUT2D eigenvalue weighted by molar-refractivity contribution is -0.137. The summed E-state index contributed by atoms with van der Waals surface area (Å²) < 4.78 is 0. The lowest BCUT2D eigenvalue weighted by Gasteiger charge is -2.25. The number of carboxylic acid groups (broad SMARTS) is 1. The molecule has 30 heavy (non-hydrogen) atoms. The molecule has 3 rings (SSSR count). The highest BCUT2D eigenvalue weighted by atomic mass is 16.4. The zero-order valence-corrected chi connectivity index (χ0v) is 18.6. The summed E-state index contributed by atoms with van der Waals surface area (Å²) in [6, 6.07) is 6.44. The van der Waals surface area contributed by atoms with E-state index in [0.717, 1.165) is 24.3 Å². The Morgan fingerprint density at radius 2 is 2.07 bits per heavy atom. The van der Waals surface area contributed by atoms with Crippen LogP contribution in [0.5, 0.6) is 0 Å². The molecule has 2 N–H and O–H groups in total. The fourth-order valence-corrected chi connectivity index (χ4v) is 4.34. The van der Waals surface area contributed by atoms with Gasteiger partial charge < -0.3 is 15.3 Å². The molecule has 0 radical (unpaired) electrons. The SMILES string of the molecule is Cc1cc(C2CC(C(C)C)=CN(CCCC(=O)O)C(=O)N2)ccc1CCC1CCC1. The summed E-state index contributed by atoms with van der Waals surface area (Å²) >= 11 is 0. The minimum Gasteiger partial charge on any atom is -0.481 e. The fourth-order valence-electron chi connectivity index (χ4n) is 4.34. The average molecular weight is 413 g/mol. The van der Waals surface area contributed by atoms with E-state index in [-0.39, 0.29) is 18.5 Å². The maximum atomic E-state index is 12.8. The van der Waals surface area contributed by atoms with Gasteiger partial charge in [0.2, 0.25) is 0 Å². The van der Waals surface area contributed by atoms with Crippen LogP contribution in [0.3, 0.4) is 0 Å². The first kappa shape index (κ1) is 22.4. The Hall–Kier alpha value is -2.30. The zero-order valence-electron chi connectivity index (χ0n) is 18.6. The number of carbonyl (C=O) groups is 2. The summed E-state index contributed by atoms with van der Waals surface area (Å²) in [7, 11) is 0. The zero-order chi connectivity index (χ0) is 21.7. The highest BCUT2D eigenvalue weighted by Gasteiger charge is 2.26. The molecule has 0 bridgehead atoms. The molecule has 0 aromatic heterocycles. The van der Waals surface area contributed by atoms with E-state index in [2.05, 4.69) is 44.3 Å². The minimum absolute atomic E-state index is 0.0602. The van der Waals surface area contributed by atoms with E-state index in [0.29, 0.717) is 18.9 Å². The number of hydrogen-bond donors (Lipinski definition) is 2. The van der Waals surface area contributed by atoms with Crippen LogP contribution in [0.2, 0.25) is 0 Å². The number of aryl methyl sites for hydroxylation is 2. The highest BCUT2D eigenvalue weighted by molar-refractivity contribution is 5.76. The number of urea groups is 1. The Kier molecular flexibility index (Phi) is 7.57. The van der Waals surface area contributed by atoms with Crippen LogP contribution in [0.4, 0.5) is 4.79 Å². The molecule has 1 unspecified atom stereocenters. The van der Waals surface area contributed by atoms with Crippen LogP contribution in [-0.2, 0) is 11.2 Å². The molecule has 164 valence electrons. The number of aliphatic carboxylic acids is 1. The van der Waals surface area contributed by atoms with Gasteiger partial charge in [0, 0.05) is 19.2 Å². The monoisotopic (exact) mass is 412 g/mol. The molecule has 1 aromatic rings. The van der Waals surface area contributed by atoms with Crippen molar-refractivity contribution in [1.82, 2.24) is 10.2 Å². The van der Waals surface area contributed by atoms with E-state index in [1.54, 1.807) is 4.90 Å². The van der Waals surface area contributed by atoms with Gasteiger partial charge >= 0.3 is 12.0 Å². The van der Waals surface area contributed by atoms with Crippen LogP contribution in [-0.4, -0.2) is 28.6 Å². The van der Waals surface area contributed by atoms with Gasteiger partial charge in [0.1, 0.15) is 0 Å². The molecule has 2 aliphatic rings. The van der Waals surface area contributed by atoms with Crippen LogP contribution < -0.4 is 5.32 Å². The quantitative estimate of drug-likeness (QED) is 0.555. The molecule has 1 fully saturated rings. The van der Waals surface area contributed by atoms with Crippen molar-refractivity contribution in [2.45, 2.75) is 78.2 Å². The normalized spacial score (nSPS) is 19.9. The number of nitrogens with zero attached hydrogens (tertiary/aromatic N) is 1. The molecule has 0 saturated heterocycles. The summed E-state index contributed by atoms with van der Waals surface area (Å²) in [6.45, 7) is 6.88. The van der Waals surface area contributed by atoms with Crippen molar-refractivity contribution in [2.24, 2.45) is 11.8 Å². The van der Waals surface area contributed by atoms with Gasteiger partial charge in [0.15, 0.2) is 0 Å². The first-order chi connectivity index (χ1) is 14.3. The number of carbonyl (C=O) groups excluding carboxylic acids is 1. The van der Waals surface area contributed by atoms with E-state index < -0.39 is 5.97 Å². The van der Waals surface area contributed by atoms with Crippen molar-refractivity contribution in [3.05, 3.63) is 46.7 Å². The van der Waals surface area contributed by atoms with Crippen molar-refractivity contribution in [3.8, 4) is 0 Å². The number of carboxylic acids is 1. The van der Waals surface area contributed by atoms with Crippen molar-refractivity contribution < 1.29 is 14.7 Å². The Bertz CT molecular complexity index is 796. The molecule has 1 aliphatic heterocycles. The largest absolute Gasteiger partial charge is 0.481 e. The van der Waals surface area contributed by atoms with E-state index in [4.69, 9.17) is 5.11 Å². The highest BCUT2D eigenvalue weighted by Crippen LogP contribution is 2.32. The molecular formula is C25H36N2O3. The number of benzene rings is 1. The van der Waals surface area contributed by atoms with E-state index in [9.17, 15) is 9.59 Å². The Morgan fingerprint density at radius 1 is 1.30 bits per heavy atom. The maximum Gasteiger partial charge on any atom is 0.321 e. The lowest BCUT2D eigenvalue weighted by Crippen LogP contribution is -2.37. The summed E-state index contributed by atoms with van der Waals surface area (Å²) in [5.74, 6) is 0.408. The minimum atomic E-state index is -0.830. The van der Waals surface area contributed by atoms with Crippen LogP contribution in [0.15, 0.2) is 30.0 Å². The molecule has 0 spiro atoms. The van der Waals surface area contributed by atoms with E-state index >= 15 is 0 Å². The number of amides is 2. The summed E-state index contributed by atoms with van der Waals surface area (Å²) in [4.78, 5) is 25.3. The third-order valence-electron chi connectivity index (χ3n) is 6.67. The molecule has 5 heteroatoms. The van der Waals surface area contributed by atoms with Gasteiger partial charge in [0.25, 0.3) is 0 Å². The molecule has 1 atom stereocenters. The maximum absolute atomic E-state index is 12.8. The first-order valence-corrected chi connectivity index (χ1v) is 11.4. The number of rotatable bonds is 9. The summed E-state index contributed by atoms with van der Waals surface area (Å²) in [6.07, 6.45) is 9.82. The van der Waals surface area contributed by atoms with Crippen LogP contribution in [0.25, 0.3) is 0 Å². The second kappa shape index (κ2) is 10.1. The molecule has 1 aromatic carbocycles. The topological polar surface area (TPSA) is 69.6 Å². The summed E-state index contributed by atoms with van der Waals surface area (Å²) in [5, 5.41) is 12.1. The molecule has 1 heterocycles. The average Bonchev–Trinajstić information content (AvgIpc) is 2.81. The lowest BCUT2D eigenvalue weighted by atomic mass is 9.81. The van der Waals surface area contributed by atoms with Gasteiger partial charge in [-0.05, 0) is 66.7 Å². The predicted molar refractivity (Wildman–Crippen MR) is 119 cm³/mol. The van der Waals surface area contributed by atoms with Gasteiger partial charge in [-0.3, -0.25) is 4.79 Å². The molecule has 5 nitrogen and oxygen atoms in total. The number of hydrogen-bond acceptors (Lipinski definition) is 2. The number of nitrogens with one attached hydrogen (secondary N) is 1. The van der Waals surface area contributed by atoms with Crippen LogP contribution in [0, 0.1) is 18.8 Å². The van der Waals surface area contributed by atoms with Crippen molar-refractivity contribution in [1.29, 1.82) is 0 Å². The van der Waals surface area contributed by atoms with Gasteiger partial charge in [-0.25, -0.2) is 4.79 Å². The first-order valence-electron chi connectivity index (χ1n) is 11.4. The Morgan fingerprint density at radius 3 is 2.67 bits per heavy atom. The van der Waals surface area contributed by atoms with Crippen molar-refractivity contribution >= 4 is 12.0 Å². The third kappa shape index (κ3) is 5.87. The molecule has 1 aliphatic carbocycles. The van der Waals surface area contributed by atoms with Crippen LogP contribution in [0.1, 0.15) is 81.5 Å². The smallest absolute Gasteiger partial charge is 0.321 e. The van der Waals surface area contributed by atoms with Crippen LogP contribution >= 0.6 is 0 Å². The predicted octanol–water partition coefficient (Wildman–Crippen LogP) is 5.59. The fraction of sp³-hybridized carbons (Fsp3) is 0.600. The van der Waals surface area contributed by atoms with E-state index in [1.807, 2.05) is 6.20 Å². The van der Waals surface area contributed by atoms with Gasteiger partial charge in [-0.15, -0.1) is 0 Å². The molecular weight excluding hydrogens is 376 g/mol. The van der Waals surface area contributed by atoms with Gasteiger partial charge in [-0.1, -0.05) is 51.3 Å². The molecule has 1 saturated carbocycles. The standard InChI is InChI=1S/C25H36N2O3/c1-17(2)22-15-23(26-25(30)27(16-22)13-5-8-24(28)29)21-12-11-20(18(3)14-21)10-9-19-6-4-7-19/h11-12,14,16-17,19,23H,4-10,13,15H2,1-3H3,(H,26,30)(H,28,29). The van der Waals surface area contributed by atoms with Crippen molar-refractivity contribution in [3.63, 3.8) is 0 Å². The second-order valence-corrected chi connectivity index (χ2v) is 9.28. The van der Waals surface area contributed by atoms with Gasteiger partial charge in [0.05, 0.1) is 6.04 Å². The Balaban J connectivity index is 1.70. The third-order valence-corrected chi connectivity index (χ3v) is 6.67. The summed E-state index contributed by atoms with van der Waals surface area (Å²) in [5.41, 5.74) is 5.08.